The van der Waals surface area contributed by atoms with E-state index in [1.54, 1.807) is 0 Å². The maximum Gasteiger partial charge on any atom is 0.139 e. The molecule has 0 bridgehead atoms. The average Bonchev–Trinajstić information content (AvgIpc) is 2.24. The largest absolute Gasteiger partial charge is 0.381 e. The molecule has 88 valence electrons. The van der Waals surface area contributed by atoms with Crippen LogP contribution in [0.5, 0.6) is 0 Å². The second-order valence-electron chi connectivity index (χ2n) is 4.07. The summed E-state index contributed by atoms with van der Waals surface area (Å²) in [5, 5.41) is 0. The van der Waals surface area contributed by atoms with E-state index in [2.05, 4.69) is 13.0 Å². The summed E-state index contributed by atoms with van der Waals surface area (Å²) in [5.41, 5.74) is 2.30. The van der Waals surface area contributed by atoms with Gasteiger partial charge in [-0.2, -0.15) is 0 Å². The van der Waals surface area contributed by atoms with E-state index in [1.807, 2.05) is 25.1 Å². The number of ketones is 1. The maximum atomic E-state index is 11.6. The lowest BCUT2D eigenvalue weighted by Crippen LogP contribution is -2.07. The normalized spacial score (nSPS) is 10.4. The van der Waals surface area contributed by atoms with Crippen molar-refractivity contribution in [2.45, 2.75) is 33.1 Å². The second-order valence-corrected chi connectivity index (χ2v) is 4.07. The summed E-state index contributed by atoms with van der Waals surface area (Å²) in [7, 11) is 0. The molecule has 0 radical (unpaired) electrons. The lowest BCUT2D eigenvalue weighted by molar-refractivity contribution is -0.119. The van der Waals surface area contributed by atoms with Crippen LogP contribution >= 0.6 is 0 Å². The number of benzene rings is 1. The molecular weight excluding hydrogens is 200 g/mol. The molecule has 1 rings (SSSR count). The van der Waals surface area contributed by atoms with Gasteiger partial charge in [0, 0.05) is 19.4 Å². The number of ether oxygens (including phenoxy) is 1. The van der Waals surface area contributed by atoms with E-state index in [0.29, 0.717) is 19.4 Å². The van der Waals surface area contributed by atoms with Crippen LogP contribution in [0.4, 0.5) is 0 Å². The molecular formula is C14H20O2. The van der Waals surface area contributed by atoms with Crippen molar-refractivity contribution >= 4 is 5.78 Å². The number of Topliss-reactive ketones (excluding diaryl/α,β-unsaturated/α-hetero) is 1. The van der Waals surface area contributed by atoms with Gasteiger partial charge in [0.1, 0.15) is 5.78 Å². The minimum Gasteiger partial charge on any atom is -0.381 e. The van der Waals surface area contributed by atoms with Gasteiger partial charge >= 0.3 is 0 Å². The maximum absolute atomic E-state index is 11.6. The fourth-order valence-electron chi connectivity index (χ4n) is 1.57. The summed E-state index contributed by atoms with van der Waals surface area (Å²) in [6, 6.07) is 8.09. The van der Waals surface area contributed by atoms with Crippen LogP contribution < -0.4 is 0 Å². The quantitative estimate of drug-likeness (QED) is 0.660. The highest BCUT2D eigenvalue weighted by Gasteiger charge is 2.03. The Kier molecular flexibility index (Phi) is 5.79. The van der Waals surface area contributed by atoms with Crippen LogP contribution in [0.25, 0.3) is 0 Å². The Morgan fingerprint density at radius 2 is 2.12 bits per heavy atom. The van der Waals surface area contributed by atoms with Gasteiger partial charge in [0.15, 0.2) is 0 Å². The van der Waals surface area contributed by atoms with Crippen LogP contribution in [0.3, 0.4) is 0 Å². The van der Waals surface area contributed by atoms with Crippen LogP contribution in [0.1, 0.15) is 30.9 Å². The molecule has 1 aromatic rings. The van der Waals surface area contributed by atoms with Crippen molar-refractivity contribution in [2.75, 3.05) is 13.2 Å². The van der Waals surface area contributed by atoms with Gasteiger partial charge in [-0.05, 0) is 18.9 Å². The molecule has 0 fully saturated rings. The molecule has 0 saturated heterocycles. The van der Waals surface area contributed by atoms with Gasteiger partial charge in [-0.15, -0.1) is 0 Å². The molecule has 0 aliphatic rings. The topological polar surface area (TPSA) is 26.3 Å². The highest BCUT2D eigenvalue weighted by atomic mass is 16.5. The molecule has 0 aromatic heterocycles. The zero-order valence-electron chi connectivity index (χ0n) is 10.2. The van der Waals surface area contributed by atoms with Gasteiger partial charge < -0.3 is 4.74 Å². The first kappa shape index (κ1) is 12.9. The SMILES string of the molecule is CCCOCCC(=O)Cc1cccc(C)c1. The Morgan fingerprint density at radius 1 is 1.31 bits per heavy atom. The van der Waals surface area contributed by atoms with Crippen molar-refractivity contribution < 1.29 is 9.53 Å². The molecule has 0 amide bonds. The molecule has 0 spiro atoms. The first-order valence-corrected chi connectivity index (χ1v) is 5.87. The Hall–Kier alpha value is -1.15. The van der Waals surface area contributed by atoms with E-state index >= 15 is 0 Å². The van der Waals surface area contributed by atoms with E-state index in [4.69, 9.17) is 4.74 Å². The molecule has 1 aromatic carbocycles. The third kappa shape index (κ3) is 5.08. The lowest BCUT2D eigenvalue weighted by atomic mass is 10.1. The van der Waals surface area contributed by atoms with Gasteiger partial charge in [-0.25, -0.2) is 0 Å². The van der Waals surface area contributed by atoms with Crippen molar-refractivity contribution in [2.24, 2.45) is 0 Å². The van der Waals surface area contributed by atoms with E-state index < -0.39 is 0 Å². The van der Waals surface area contributed by atoms with Gasteiger partial charge in [-0.3, -0.25) is 4.79 Å². The standard InChI is InChI=1S/C14H20O2/c1-3-8-16-9-7-14(15)11-13-6-4-5-12(2)10-13/h4-6,10H,3,7-9,11H2,1-2H3. The zero-order valence-corrected chi connectivity index (χ0v) is 10.2. The fourth-order valence-corrected chi connectivity index (χ4v) is 1.57. The summed E-state index contributed by atoms with van der Waals surface area (Å²) in [6.07, 6.45) is 2.05. The van der Waals surface area contributed by atoms with Gasteiger partial charge in [-0.1, -0.05) is 36.8 Å². The smallest absolute Gasteiger partial charge is 0.139 e. The third-order valence-corrected chi connectivity index (χ3v) is 2.36. The summed E-state index contributed by atoms with van der Waals surface area (Å²) in [4.78, 5) is 11.6. The number of carbonyl (C=O) groups is 1. The molecule has 0 heterocycles. The Labute approximate surface area is 97.6 Å². The van der Waals surface area contributed by atoms with Crippen LogP contribution in [0.15, 0.2) is 24.3 Å². The van der Waals surface area contributed by atoms with Gasteiger partial charge in [0.05, 0.1) is 6.61 Å². The molecule has 2 nitrogen and oxygen atoms in total. The Bertz CT molecular complexity index is 331. The van der Waals surface area contributed by atoms with Crippen LogP contribution in [-0.2, 0) is 16.0 Å². The van der Waals surface area contributed by atoms with Crippen LogP contribution in [-0.4, -0.2) is 19.0 Å². The number of hydrogen-bond acceptors (Lipinski definition) is 2. The minimum atomic E-state index is 0.252. The lowest BCUT2D eigenvalue weighted by Gasteiger charge is -2.03. The van der Waals surface area contributed by atoms with Crippen molar-refractivity contribution in [3.63, 3.8) is 0 Å². The number of aryl methyl sites for hydroxylation is 1. The predicted molar refractivity (Wildman–Crippen MR) is 65.6 cm³/mol. The van der Waals surface area contributed by atoms with E-state index in [9.17, 15) is 4.79 Å². The van der Waals surface area contributed by atoms with Gasteiger partial charge in [0.25, 0.3) is 0 Å². The predicted octanol–water partition coefficient (Wildman–Crippen LogP) is 2.92. The van der Waals surface area contributed by atoms with Crippen molar-refractivity contribution in [1.29, 1.82) is 0 Å². The summed E-state index contributed by atoms with van der Waals surface area (Å²) in [5.74, 6) is 0.252. The highest BCUT2D eigenvalue weighted by molar-refractivity contribution is 5.80. The molecule has 0 unspecified atom stereocenters. The van der Waals surface area contributed by atoms with Crippen LogP contribution in [0.2, 0.25) is 0 Å². The Morgan fingerprint density at radius 3 is 2.81 bits per heavy atom. The number of hydrogen-bond donors (Lipinski definition) is 0. The summed E-state index contributed by atoms with van der Waals surface area (Å²) in [6.45, 7) is 5.41. The van der Waals surface area contributed by atoms with Crippen molar-refractivity contribution in [3.8, 4) is 0 Å². The monoisotopic (exact) mass is 220 g/mol. The van der Waals surface area contributed by atoms with E-state index in [0.717, 1.165) is 18.6 Å². The highest BCUT2D eigenvalue weighted by Crippen LogP contribution is 2.06. The fraction of sp³-hybridized carbons (Fsp3) is 0.500. The number of carbonyl (C=O) groups excluding carboxylic acids is 1. The molecule has 0 saturated carbocycles. The summed E-state index contributed by atoms with van der Waals surface area (Å²) < 4.78 is 5.29. The minimum absolute atomic E-state index is 0.252. The van der Waals surface area contributed by atoms with Gasteiger partial charge in [0.2, 0.25) is 0 Å². The Balaban J connectivity index is 2.29. The second kappa shape index (κ2) is 7.18. The number of rotatable bonds is 7. The molecule has 2 heteroatoms. The molecule has 16 heavy (non-hydrogen) atoms. The first-order valence-electron chi connectivity index (χ1n) is 5.87. The van der Waals surface area contributed by atoms with Crippen LogP contribution in [0, 0.1) is 6.92 Å². The first-order chi connectivity index (χ1) is 7.72. The molecule has 0 aliphatic carbocycles. The van der Waals surface area contributed by atoms with Crippen molar-refractivity contribution in [1.82, 2.24) is 0 Å². The molecule has 0 N–H and O–H groups in total. The molecule has 0 aliphatic heterocycles. The van der Waals surface area contributed by atoms with Crippen molar-refractivity contribution in [3.05, 3.63) is 35.4 Å². The van der Waals surface area contributed by atoms with E-state index in [-0.39, 0.29) is 5.78 Å². The third-order valence-electron chi connectivity index (χ3n) is 2.36. The summed E-state index contributed by atoms with van der Waals surface area (Å²) >= 11 is 0. The average molecular weight is 220 g/mol. The van der Waals surface area contributed by atoms with E-state index in [1.165, 1.54) is 5.56 Å². The molecule has 0 atom stereocenters. The zero-order chi connectivity index (χ0) is 11.8.